The van der Waals surface area contributed by atoms with Crippen molar-refractivity contribution in [3.8, 4) is 0 Å². The van der Waals surface area contributed by atoms with E-state index >= 15 is 0 Å². The quantitative estimate of drug-likeness (QED) is 0.378. The lowest BCUT2D eigenvalue weighted by Crippen LogP contribution is -2.30. The maximum absolute atomic E-state index is 14.4. The summed E-state index contributed by atoms with van der Waals surface area (Å²) in [6, 6.07) is 6.03. The normalized spacial score (nSPS) is 15.7. The first-order valence-electron chi connectivity index (χ1n) is 11.0. The molecule has 30 heavy (non-hydrogen) atoms. The predicted octanol–water partition coefficient (Wildman–Crippen LogP) is 5.46. The minimum Gasteiger partial charge on any atom is -0.402 e. The lowest BCUT2D eigenvalue weighted by molar-refractivity contribution is 0.500. The Balaban J connectivity index is 1.94. The van der Waals surface area contributed by atoms with Gasteiger partial charge >= 0.3 is 0 Å². The molecule has 0 radical (unpaired) electrons. The van der Waals surface area contributed by atoms with Crippen LogP contribution in [0.5, 0.6) is 0 Å². The van der Waals surface area contributed by atoms with Crippen LogP contribution in [-0.4, -0.2) is 19.1 Å². The Hall–Kier alpha value is -2.33. The molecule has 0 bridgehead atoms. The summed E-state index contributed by atoms with van der Waals surface area (Å²) < 4.78 is 14.4. The lowest BCUT2D eigenvalue weighted by Gasteiger charge is -2.17. The molecule has 1 saturated carbocycles. The van der Waals surface area contributed by atoms with E-state index in [0.717, 1.165) is 31.5 Å². The van der Waals surface area contributed by atoms with E-state index in [1.165, 1.54) is 24.0 Å². The first-order chi connectivity index (χ1) is 14.3. The van der Waals surface area contributed by atoms with Gasteiger partial charge < -0.3 is 16.4 Å². The van der Waals surface area contributed by atoms with Crippen molar-refractivity contribution >= 4 is 5.70 Å². The summed E-state index contributed by atoms with van der Waals surface area (Å²) in [5.41, 5.74) is 11.2. The Labute approximate surface area is 182 Å². The zero-order valence-electron chi connectivity index (χ0n) is 18.9. The van der Waals surface area contributed by atoms with Crippen molar-refractivity contribution in [1.29, 1.82) is 0 Å². The van der Waals surface area contributed by atoms with Crippen LogP contribution in [0.15, 0.2) is 60.4 Å². The third kappa shape index (κ3) is 7.83. The first-order valence-corrected chi connectivity index (χ1v) is 11.0. The molecule has 1 fully saturated rings. The van der Waals surface area contributed by atoms with Crippen LogP contribution in [0, 0.1) is 11.7 Å². The second kappa shape index (κ2) is 11.8. The summed E-state index contributed by atoms with van der Waals surface area (Å²) in [5.74, 6) is 0.224. The molecule has 1 atom stereocenters. The Kier molecular flexibility index (Phi) is 9.38. The van der Waals surface area contributed by atoms with E-state index in [9.17, 15) is 4.39 Å². The summed E-state index contributed by atoms with van der Waals surface area (Å²) in [6.07, 6.45) is 9.18. The van der Waals surface area contributed by atoms with Gasteiger partial charge in [-0.05, 0) is 80.8 Å². The molecule has 1 aliphatic carbocycles. The van der Waals surface area contributed by atoms with Crippen LogP contribution in [0.4, 0.5) is 4.39 Å². The smallest absolute Gasteiger partial charge is 0.132 e. The fourth-order valence-corrected chi connectivity index (χ4v) is 3.49. The van der Waals surface area contributed by atoms with E-state index in [0.29, 0.717) is 35.3 Å². The van der Waals surface area contributed by atoms with Gasteiger partial charge in [-0.2, -0.15) is 0 Å². The molecule has 3 nitrogen and oxygen atoms in total. The van der Waals surface area contributed by atoms with Gasteiger partial charge in [0.1, 0.15) is 5.82 Å². The molecule has 0 heterocycles. The second-order valence-corrected chi connectivity index (χ2v) is 8.42. The SMILES string of the molecule is C=C(N)CC(=C/C)/C(=C\C)CCc1ccc(F)c(C(=C)NCC(C)CNC2CC2)c1. The van der Waals surface area contributed by atoms with E-state index in [1.807, 2.05) is 26.0 Å². The van der Waals surface area contributed by atoms with Gasteiger partial charge in [-0.25, -0.2) is 4.39 Å². The van der Waals surface area contributed by atoms with E-state index in [1.54, 1.807) is 6.07 Å². The van der Waals surface area contributed by atoms with Crippen molar-refractivity contribution in [3.63, 3.8) is 0 Å². The van der Waals surface area contributed by atoms with E-state index in [-0.39, 0.29) is 5.82 Å². The standard InChI is InChI=1S/C26H38FN3/c1-6-22(23(7-2)14-19(4)28)10-8-21-9-13-26(27)25(15-21)20(5)29-16-18(3)17-30-24-11-12-24/h6-7,9,13,15,18,24,29-30H,4-5,8,10-12,14,16-17,28H2,1-3H3/b22-6-,23-7-. The summed E-state index contributed by atoms with van der Waals surface area (Å²) in [7, 11) is 0. The molecule has 0 saturated heterocycles. The fourth-order valence-electron chi connectivity index (χ4n) is 3.49. The fraction of sp³-hybridized carbons (Fsp3) is 0.462. The van der Waals surface area contributed by atoms with Gasteiger partial charge in [-0.3, -0.25) is 0 Å². The molecule has 0 aliphatic heterocycles. The lowest BCUT2D eigenvalue weighted by atomic mass is 9.94. The van der Waals surface area contributed by atoms with Gasteiger partial charge in [0.15, 0.2) is 0 Å². The second-order valence-electron chi connectivity index (χ2n) is 8.42. The number of allylic oxidation sites excluding steroid dienone is 4. The summed E-state index contributed by atoms with van der Waals surface area (Å²) >= 11 is 0. The number of benzene rings is 1. The Bertz CT molecular complexity index is 802. The average molecular weight is 412 g/mol. The number of aryl methyl sites for hydroxylation is 1. The maximum atomic E-state index is 14.4. The van der Waals surface area contributed by atoms with Crippen LogP contribution in [0.2, 0.25) is 0 Å². The Morgan fingerprint density at radius 3 is 2.50 bits per heavy atom. The highest BCUT2D eigenvalue weighted by molar-refractivity contribution is 5.63. The number of halogens is 1. The molecule has 0 aromatic heterocycles. The van der Waals surface area contributed by atoms with Crippen LogP contribution < -0.4 is 16.4 Å². The molecular formula is C26H38FN3. The van der Waals surface area contributed by atoms with Gasteiger partial charge in [-0.1, -0.05) is 38.3 Å². The number of hydrogen-bond acceptors (Lipinski definition) is 3. The molecule has 1 aliphatic rings. The molecule has 1 aromatic carbocycles. The highest BCUT2D eigenvalue weighted by Gasteiger charge is 2.20. The van der Waals surface area contributed by atoms with Crippen molar-refractivity contribution in [3.05, 3.63) is 77.3 Å². The monoisotopic (exact) mass is 411 g/mol. The number of nitrogens with one attached hydrogen (secondary N) is 2. The van der Waals surface area contributed by atoms with Crippen molar-refractivity contribution in [1.82, 2.24) is 10.6 Å². The third-order valence-corrected chi connectivity index (χ3v) is 5.56. The topological polar surface area (TPSA) is 50.1 Å². The van der Waals surface area contributed by atoms with Gasteiger partial charge in [-0.15, -0.1) is 0 Å². The Morgan fingerprint density at radius 1 is 1.20 bits per heavy atom. The van der Waals surface area contributed by atoms with Gasteiger partial charge in [0.05, 0.1) is 0 Å². The van der Waals surface area contributed by atoms with Gasteiger partial charge in [0.25, 0.3) is 0 Å². The molecular weight excluding hydrogens is 373 g/mol. The van der Waals surface area contributed by atoms with Crippen molar-refractivity contribution in [2.45, 2.75) is 58.9 Å². The number of hydrogen-bond donors (Lipinski definition) is 3. The molecule has 1 unspecified atom stereocenters. The van der Waals surface area contributed by atoms with Crippen LogP contribution in [0.1, 0.15) is 57.6 Å². The summed E-state index contributed by atoms with van der Waals surface area (Å²) in [6.45, 7) is 15.9. The molecule has 4 heteroatoms. The Morgan fingerprint density at radius 2 is 1.90 bits per heavy atom. The third-order valence-electron chi connectivity index (χ3n) is 5.56. The van der Waals surface area contributed by atoms with Gasteiger partial charge in [0.2, 0.25) is 0 Å². The first kappa shape index (κ1) is 23.9. The molecule has 0 amide bonds. The van der Waals surface area contributed by atoms with Crippen molar-refractivity contribution < 1.29 is 4.39 Å². The molecule has 2 rings (SSSR count). The van der Waals surface area contributed by atoms with Crippen molar-refractivity contribution in [2.24, 2.45) is 11.7 Å². The zero-order chi connectivity index (χ0) is 22.1. The molecule has 1 aromatic rings. The largest absolute Gasteiger partial charge is 0.402 e. The maximum Gasteiger partial charge on any atom is 0.132 e. The number of rotatable bonds is 13. The highest BCUT2D eigenvalue weighted by atomic mass is 19.1. The van der Waals surface area contributed by atoms with Crippen LogP contribution in [0.3, 0.4) is 0 Å². The minimum absolute atomic E-state index is 0.236. The van der Waals surface area contributed by atoms with E-state index in [2.05, 4.69) is 42.9 Å². The van der Waals surface area contributed by atoms with Crippen LogP contribution in [-0.2, 0) is 6.42 Å². The molecule has 0 spiro atoms. The molecule has 164 valence electrons. The van der Waals surface area contributed by atoms with E-state index < -0.39 is 0 Å². The highest BCUT2D eigenvalue weighted by Crippen LogP contribution is 2.24. The zero-order valence-corrected chi connectivity index (χ0v) is 18.9. The summed E-state index contributed by atoms with van der Waals surface area (Å²) in [5, 5.41) is 6.85. The predicted molar refractivity (Wildman–Crippen MR) is 127 cm³/mol. The number of nitrogens with two attached hydrogens (primary N) is 1. The van der Waals surface area contributed by atoms with Crippen molar-refractivity contribution in [2.75, 3.05) is 13.1 Å². The van der Waals surface area contributed by atoms with Crippen LogP contribution >= 0.6 is 0 Å². The van der Waals surface area contributed by atoms with E-state index in [4.69, 9.17) is 5.73 Å². The van der Waals surface area contributed by atoms with Gasteiger partial charge in [0, 0.05) is 36.0 Å². The van der Waals surface area contributed by atoms with Crippen LogP contribution in [0.25, 0.3) is 5.70 Å². The minimum atomic E-state index is -0.236. The average Bonchev–Trinajstić information content (AvgIpc) is 3.55. The molecule has 4 N–H and O–H groups in total. The summed E-state index contributed by atoms with van der Waals surface area (Å²) in [4.78, 5) is 0.